The van der Waals surface area contributed by atoms with Gasteiger partial charge in [-0.15, -0.1) is 0 Å². The van der Waals surface area contributed by atoms with Crippen molar-refractivity contribution in [2.24, 2.45) is 0 Å². The lowest BCUT2D eigenvalue weighted by molar-refractivity contribution is 0.0332. The average Bonchev–Trinajstić information content (AvgIpc) is 2.92. The molecular formula is C28H32N2O5. The molecule has 7 heteroatoms. The van der Waals surface area contributed by atoms with Gasteiger partial charge in [-0.2, -0.15) is 0 Å². The number of ether oxygens (including phenoxy) is 4. The Labute approximate surface area is 206 Å². The van der Waals surface area contributed by atoms with Crippen molar-refractivity contribution in [1.82, 2.24) is 10.2 Å². The monoisotopic (exact) mass is 476 g/mol. The zero-order valence-corrected chi connectivity index (χ0v) is 20.2. The van der Waals surface area contributed by atoms with E-state index in [2.05, 4.69) is 10.2 Å². The number of amides is 1. The van der Waals surface area contributed by atoms with Crippen LogP contribution in [-0.4, -0.2) is 57.9 Å². The molecule has 3 aromatic carbocycles. The van der Waals surface area contributed by atoms with Gasteiger partial charge in [-0.05, 0) is 23.3 Å². The number of nitrogens with one attached hydrogen (secondary N) is 1. The molecule has 0 saturated carbocycles. The Morgan fingerprint density at radius 2 is 1.54 bits per heavy atom. The van der Waals surface area contributed by atoms with Crippen LogP contribution in [0.2, 0.25) is 0 Å². The van der Waals surface area contributed by atoms with Crippen LogP contribution < -0.4 is 19.5 Å². The van der Waals surface area contributed by atoms with E-state index < -0.39 is 0 Å². The maximum Gasteiger partial charge on any atom is 0.252 e. The van der Waals surface area contributed by atoms with Gasteiger partial charge in [0, 0.05) is 25.2 Å². The van der Waals surface area contributed by atoms with Crippen molar-refractivity contribution in [2.45, 2.75) is 12.6 Å². The molecule has 1 fully saturated rings. The van der Waals surface area contributed by atoms with E-state index in [1.807, 2.05) is 60.7 Å². The minimum Gasteiger partial charge on any atom is -0.493 e. The summed E-state index contributed by atoms with van der Waals surface area (Å²) in [5.41, 5.74) is 2.51. The number of carbonyl (C=O) groups is 1. The largest absolute Gasteiger partial charge is 0.493 e. The summed E-state index contributed by atoms with van der Waals surface area (Å²) in [7, 11) is 3.11. The average molecular weight is 477 g/mol. The van der Waals surface area contributed by atoms with E-state index in [1.165, 1.54) is 0 Å². The predicted molar refractivity (Wildman–Crippen MR) is 134 cm³/mol. The molecule has 1 atom stereocenters. The number of hydrogen-bond donors (Lipinski definition) is 1. The number of carbonyl (C=O) groups excluding carboxylic acids is 1. The molecule has 3 aromatic rings. The summed E-state index contributed by atoms with van der Waals surface area (Å²) in [6, 6.07) is 23.1. The highest BCUT2D eigenvalue weighted by Gasteiger charge is 2.23. The fraction of sp³-hybridized carbons (Fsp3) is 0.321. The molecule has 0 unspecified atom stereocenters. The molecule has 0 spiro atoms. The van der Waals surface area contributed by atoms with Gasteiger partial charge < -0.3 is 24.3 Å². The van der Waals surface area contributed by atoms with Gasteiger partial charge in [-0.3, -0.25) is 9.69 Å². The molecule has 7 nitrogen and oxygen atoms in total. The summed E-state index contributed by atoms with van der Waals surface area (Å²) in [6.45, 7) is 4.14. The van der Waals surface area contributed by atoms with Crippen LogP contribution in [0, 0.1) is 0 Å². The fourth-order valence-electron chi connectivity index (χ4n) is 4.09. The lowest BCUT2D eigenvalue weighted by atomic mass is 10.0. The van der Waals surface area contributed by atoms with E-state index >= 15 is 0 Å². The normalized spacial score (nSPS) is 14.7. The Balaban J connectivity index is 1.54. The van der Waals surface area contributed by atoms with Gasteiger partial charge >= 0.3 is 0 Å². The molecule has 1 aliphatic heterocycles. The zero-order chi connectivity index (χ0) is 24.5. The number of rotatable bonds is 10. The highest BCUT2D eigenvalue weighted by Crippen LogP contribution is 2.39. The van der Waals surface area contributed by atoms with Gasteiger partial charge in [-0.25, -0.2) is 0 Å². The topological polar surface area (TPSA) is 69.3 Å². The van der Waals surface area contributed by atoms with Gasteiger partial charge in [0.05, 0.1) is 33.5 Å². The molecule has 0 radical (unpaired) electrons. The summed E-state index contributed by atoms with van der Waals surface area (Å²) in [5, 5.41) is 3.20. The predicted octanol–water partition coefficient (Wildman–Crippen LogP) is 4.09. The Bertz CT molecular complexity index is 1060. The van der Waals surface area contributed by atoms with Crippen molar-refractivity contribution in [3.05, 3.63) is 89.5 Å². The number of morpholine rings is 1. The Hall–Kier alpha value is -3.55. The van der Waals surface area contributed by atoms with Crippen molar-refractivity contribution < 1.29 is 23.7 Å². The SMILES string of the molecule is COc1cc(C(=O)N[C@@H](CN2CCOCC2)c2ccccc2)cc(OC)c1OCc1ccccc1. The second-order valence-electron chi connectivity index (χ2n) is 8.33. The third-order valence-corrected chi connectivity index (χ3v) is 6.00. The second kappa shape index (κ2) is 12.2. The first-order valence-electron chi connectivity index (χ1n) is 11.8. The van der Waals surface area contributed by atoms with Crippen LogP contribution in [0.1, 0.15) is 27.5 Å². The molecule has 1 aliphatic rings. The first-order chi connectivity index (χ1) is 17.2. The molecule has 1 N–H and O–H groups in total. The van der Waals surface area contributed by atoms with Crippen LogP contribution in [0.4, 0.5) is 0 Å². The van der Waals surface area contributed by atoms with E-state index in [9.17, 15) is 4.79 Å². The highest BCUT2D eigenvalue weighted by atomic mass is 16.5. The fourth-order valence-corrected chi connectivity index (χ4v) is 4.09. The lowest BCUT2D eigenvalue weighted by Crippen LogP contribution is -2.43. The van der Waals surface area contributed by atoms with Gasteiger partial charge in [0.1, 0.15) is 6.61 Å². The van der Waals surface area contributed by atoms with Crippen molar-refractivity contribution >= 4 is 5.91 Å². The highest BCUT2D eigenvalue weighted by molar-refractivity contribution is 5.96. The van der Waals surface area contributed by atoms with E-state index in [0.29, 0.717) is 49.2 Å². The van der Waals surface area contributed by atoms with Crippen LogP contribution in [0.3, 0.4) is 0 Å². The van der Waals surface area contributed by atoms with Crippen molar-refractivity contribution in [2.75, 3.05) is 47.1 Å². The Kier molecular flexibility index (Phi) is 8.59. The molecule has 1 heterocycles. The van der Waals surface area contributed by atoms with Crippen molar-refractivity contribution in [3.8, 4) is 17.2 Å². The standard InChI is InChI=1S/C28H32N2O5/c1-32-25-17-23(18-26(33-2)27(25)35-20-21-9-5-3-6-10-21)28(31)29-24(22-11-7-4-8-12-22)19-30-13-15-34-16-14-30/h3-12,17-18,24H,13-16,19-20H2,1-2H3,(H,29,31)/t24-/m0/s1. The molecule has 1 amide bonds. The van der Waals surface area contributed by atoms with Crippen molar-refractivity contribution in [3.63, 3.8) is 0 Å². The van der Waals surface area contributed by atoms with E-state index in [4.69, 9.17) is 18.9 Å². The van der Waals surface area contributed by atoms with Gasteiger partial charge in [0.2, 0.25) is 5.75 Å². The lowest BCUT2D eigenvalue weighted by Gasteiger charge is -2.31. The van der Waals surface area contributed by atoms with Gasteiger partial charge in [-0.1, -0.05) is 60.7 Å². The maximum atomic E-state index is 13.4. The van der Waals surface area contributed by atoms with Crippen LogP contribution in [-0.2, 0) is 11.3 Å². The summed E-state index contributed by atoms with van der Waals surface area (Å²) < 4.78 is 22.6. The van der Waals surface area contributed by atoms with Crippen molar-refractivity contribution in [1.29, 1.82) is 0 Å². The first-order valence-corrected chi connectivity index (χ1v) is 11.8. The number of methoxy groups -OCH3 is 2. The van der Waals surface area contributed by atoms with E-state index in [0.717, 1.165) is 24.2 Å². The smallest absolute Gasteiger partial charge is 0.252 e. The second-order valence-corrected chi connectivity index (χ2v) is 8.33. The quantitative estimate of drug-likeness (QED) is 0.476. The summed E-state index contributed by atoms with van der Waals surface area (Å²) in [5.74, 6) is 1.13. The zero-order valence-electron chi connectivity index (χ0n) is 20.2. The molecule has 0 aromatic heterocycles. The number of nitrogens with zero attached hydrogens (tertiary/aromatic N) is 1. The minimum atomic E-state index is -0.210. The third kappa shape index (κ3) is 6.53. The summed E-state index contributed by atoms with van der Waals surface area (Å²) in [6.07, 6.45) is 0. The third-order valence-electron chi connectivity index (χ3n) is 6.00. The van der Waals surface area contributed by atoms with Gasteiger partial charge in [0.15, 0.2) is 11.5 Å². The van der Waals surface area contributed by atoms with E-state index in [-0.39, 0.29) is 11.9 Å². The molecule has 184 valence electrons. The molecule has 0 aliphatic carbocycles. The number of benzene rings is 3. The summed E-state index contributed by atoms with van der Waals surface area (Å²) in [4.78, 5) is 15.7. The Morgan fingerprint density at radius 1 is 0.943 bits per heavy atom. The summed E-state index contributed by atoms with van der Waals surface area (Å²) >= 11 is 0. The molecule has 4 rings (SSSR count). The van der Waals surface area contributed by atoms with Gasteiger partial charge in [0.25, 0.3) is 5.91 Å². The van der Waals surface area contributed by atoms with Crippen LogP contribution in [0.25, 0.3) is 0 Å². The molecule has 1 saturated heterocycles. The Morgan fingerprint density at radius 3 is 2.14 bits per heavy atom. The van der Waals surface area contributed by atoms with E-state index in [1.54, 1.807) is 26.4 Å². The number of hydrogen-bond acceptors (Lipinski definition) is 6. The molecule has 35 heavy (non-hydrogen) atoms. The first kappa shape index (κ1) is 24.6. The van der Waals surface area contributed by atoms with Crippen LogP contribution >= 0.6 is 0 Å². The minimum absolute atomic E-state index is 0.173. The van der Waals surface area contributed by atoms with Crippen LogP contribution in [0.15, 0.2) is 72.8 Å². The van der Waals surface area contributed by atoms with Crippen LogP contribution in [0.5, 0.6) is 17.2 Å². The maximum absolute atomic E-state index is 13.4. The molecular weight excluding hydrogens is 444 g/mol. The molecule has 0 bridgehead atoms.